The van der Waals surface area contributed by atoms with Crippen LogP contribution in [0.5, 0.6) is 0 Å². The van der Waals surface area contributed by atoms with E-state index in [4.69, 9.17) is 21.1 Å². The summed E-state index contributed by atoms with van der Waals surface area (Å²) in [6.07, 6.45) is 0. The maximum atomic E-state index is 11.0. The van der Waals surface area contributed by atoms with E-state index < -0.39 is 0 Å². The number of ether oxygens (including phenoxy) is 2. The molecule has 1 N–H and O–H groups in total. The highest BCUT2D eigenvalue weighted by molar-refractivity contribution is 6.31. The van der Waals surface area contributed by atoms with Crippen molar-refractivity contribution >= 4 is 23.3 Å². The lowest BCUT2D eigenvalue weighted by Gasteiger charge is -2.08. The first kappa shape index (κ1) is 14.8. The van der Waals surface area contributed by atoms with E-state index in [1.807, 2.05) is 25.1 Å². The number of nitrogens with one attached hydrogen (secondary N) is 1. The number of benzene rings is 1. The smallest absolute Gasteiger partial charge is 0.332 e. The fraction of sp³-hybridized carbons (Fsp3) is 0.462. The third kappa shape index (κ3) is 5.38. The first-order valence-electron chi connectivity index (χ1n) is 5.87. The molecule has 5 heteroatoms. The van der Waals surface area contributed by atoms with Gasteiger partial charge in [0.25, 0.3) is 0 Å². The zero-order valence-corrected chi connectivity index (χ0v) is 11.4. The lowest BCUT2D eigenvalue weighted by atomic mass is 10.2. The van der Waals surface area contributed by atoms with Crippen molar-refractivity contribution in [1.29, 1.82) is 0 Å². The quantitative estimate of drug-likeness (QED) is 0.612. The minimum Gasteiger partial charge on any atom is -0.464 e. The van der Waals surface area contributed by atoms with Gasteiger partial charge >= 0.3 is 5.97 Å². The van der Waals surface area contributed by atoms with Crippen LogP contribution in [0.4, 0.5) is 5.69 Å². The van der Waals surface area contributed by atoms with E-state index in [-0.39, 0.29) is 12.6 Å². The molecule has 0 aliphatic rings. The van der Waals surface area contributed by atoms with Crippen molar-refractivity contribution < 1.29 is 14.3 Å². The fourth-order valence-corrected chi connectivity index (χ4v) is 1.51. The molecule has 4 nitrogen and oxygen atoms in total. The molecule has 0 aromatic heterocycles. The summed E-state index contributed by atoms with van der Waals surface area (Å²) >= 11 is 6.00. The van der Waals surface area contributed by atoms with Gasteiger partial charge < -0.3 is 14.8 Å². The van der Waals surface area contributed by atoms with Gasteiger partial charge in [-0.05, 0) is 31.5 Å². The van der Waals surface area contributed by atoms with E-state index >= 15 is 0 Å². The Morgan fingerprint density at radius 2 is 2.22 bits per heavy atom. The molecule has 0 aliphatic carbocycles. The van der Waals surface area contributed by atoms with E-state index in [0.29, 0.717) is 19.8 Å². The molecule has 0 bridgehead atoms. The number of rotatable bonds is 7. The summed E-state index contributed by atoms with van der Waals surface area (Å²) < 4.78 is 9.89. The summed E-state index contributed by atoms with van der Waals surface area (Å²) in [5, 5.41) is 3.89. The largest absolute Gasteiger partial charge is 0.464 e. The van der Waals surface area contributed by atoms with Crippen LogP contribution in [-0.2, 0) is 14.3 Å². The summed E-state index contributed by atoms with van der Waals surface area (Å²) in [7, 11) is 0. The van der Waals surface area contributed by atoms with Crippen LogP contribution in [0.15, 0.2) is 18.2 Å². The van der Waals surface area contributed by atoms with Crippen LogP contribution < -0.4 is 5.32 Å². The zero-order valence-electron chi connectivity index (χ0n) is 10.7. The molecule has 0 amide bonds. The summed E-state index contributed by atoms with van der Waals surface area (Å²) in [6.45, 7) is 5.13. The Labute approximate surface area is 112 Å². The molecule has 0 radical (unpaired) electrons. The Kier molecular flexibility index (Phi) is 6.54. The average molecular weight is 272 g/mol. The van der Waals surface area contributed by atoms with Gasteiger partial charge in [-0.25, -0.2) is 4.79 Å². The molecule has 0 fully saturated rings. The molecule has 0 saturated heterocycles. The van der Waals surface area contributed by atoms with Crippen LogP contribution in [0, 0.1) is 6.92 Å². The van der Waals surface area contributed by atoms with Crippen LogP contribution in [0.3, 0.4) is 0 Å². The number of halogens is 1. The van der Waals surface area contributed by atoms with Crippen molar-refractivity contribution in [1.82, 2.24) is 0 Å². The predicted octanol–water partition coefficient (Wildman–Crippen LogP) is 2.64. The highest BCUT2D eigenvalue weighted by atomic mass is 35.5. The summed E-state index contributed by atoms with van der Waals surface area (Å²) in [5.41, 5.74) is 1.98. The minimum atomic E-state index is -0.337. The Hall–Kier alpha value is -1.26. The van der Waals surface area contributed by atoms with Gasteiger partial charge in [0.2, 0.25) is 0 Å². The van der Waals surface area contributed by atoms with Crippen LogP contribution >= 0.6 is 11.6 Å². The standard InChI is InChI=1S/C13H18ClNO3/c1-3-18-13(16)9-17-7-6-15-11-5-4-10(2)12(14)8-11/h4-5,8,15H,3,6-7,9H2,1-2H3. The monoisotopic (exact) mass is 271 g/mol. The third-order valence-corrected chi connectivity index (χ3v) is 2.68. The molecule has 0 atom stereocenters. The van der Waals surface area contributed by atoms with Gasteiger partial charge in [0.05, 0.1) is 13.2 Å². The highest BCUT2D eigenvalue weighted by Crippen LogP contribution is 2.19. The summed E-state index contributed by atoms with van der Waals surface area (Å²) in [4.78, 5) is 11.0. The van der Waals surface area contributed by atoms with Crippen molar-refractivity contribution in [2.45, 2.75) is 13.8 Å². The molecule has 18 heavy (non-hydrogen) atoms. The SMILES string of the molecule is CCOC(=O)COCCNc1ccc(C)c(Cl)c1. The molecule has 1 aromatic carbocycles. The van der Waals surface area contributed by atoms with Gasteiger partial charge in [0.15, 0.2) is 0 Å². The second kappa shape index (κ2) is 7.95. The normalized spacial score (nSPS) is 10.2. The predicted molar refractivity (Wildman–Crippen MR) is 72.1 cm³/mol. The van der Waals surface area contributed by atoms with Gasteiger partial charge in [-0.2, -0.15) is 0 Å². The molecule has 0 heterocycles. The Balaban J connectivity index is 2.18. The van der Waals surface area contributed by atoms with Crippen LogP contribution in [-0.4, -0.2) is 32.3 Å². The molecular formula is C13H18ClNO3. The van der Waals surface area contributed by atoms with Crippen molar-refractivity contribution in [3.05, 3.63) is 28.8 Å². The van der Waals surface area contributed by atoms with E-state index in [0.717, 1.165) is 16.3 Å². The van der Waals surface area contributed by atoms with E-state index in [1.165, 1.54) is 0 Å². The zero-order chi connectivity index (χ0) is 13.4. The second-order valence-corrected chi connectivity index (χ2v) is 4.16. The average Bonchev–Trinajstić information content (AvgIpc) is 2.33. The van der Waals surface area contributed by atoms with Gasteiger partial charge in [0, 0.05) is 17.3 Å². The summed E-state index contributed by atoms with van der Waals surface area (Å²) in [6, 6.07) is 5.76. The number of hydrogen-bond acceptors (Lipinski definition) is 4. The number of anilines is 1. The van der Waals surface area contributed by atoms with Crippen LogP contribution in [0.25, 0.3) is 0 Å². The van der Waals surface area contributed by atoms with Crippen LogP contribution in [0.2, 0.25) is 5.02 Å². The Bertz CT molecular complexity index is 396. The molecule has 0 spiro atoms. The highest BCUT2D eigenvalue weighted by Gasteiger charge is 2.01. The lowest BCUT2D eigenvalue weighted by Crippen LogP contribution is -2.16. The first-order chi connectivity index (χ1) is 8.63. The molecule has 0 saturated carbocycles. The van der Waals surface area contributed by atoms with E-state index in [9.17, 15) is 4.79 Å². The third-order valence-electron chi connectivity index (χ3n) is 2.27. The van der Waals surface area contributed by atoms with E-state index in [2.05, 4.69) is 5.32 Å². The van der Waals surface area contributed by atoms with Crippen LogP contribution in [0.1, 0.15) is 12.5 Å². The second-order valence-electron chi connectivity index (χ2n) is 3.75. The van der Waals surface area contributed by atoms with E-state index in [1.54, 1.807) is 6.92 Å². The van der Waals surface area contributed by atoms with Gasteiger partial charge in [-0.15, -0.1) is 0 Å². The van der Waals surface area contributed by atoms with Gasteiger partial charge in [-0.3, -0.25) is 0 Å². The molecule has 0 unspecified atom stereocenters. The van der Waals surface area contributed by atoms with Gasteiger partial charge in [-0.1, -0.05) is 17.7 Å². The number of carbonyl (C=O) groups is 1. The minimum absolute atomic E-state index is 0.00975. The maximum Gasteiger partial charge on any atom is 0.332 e. The maximum absolute atomic E-state index is 11.0. The van der Waals surface area contributed by atoms with Crippen molar-refractivity contribution in [3.63, 3.8) is 0 Å². The Morgan fingerprint density at radius 3 is 2.89 bits per heavy atom. The fourth-order valence-electron chi connectivity index (χ4n) is 1.33. The molecule has 0 aliphatic heterocycles. The van der Waals surface area contributed by atoms with Crippen molar-refractivity contribution in [2.75, 3.05) is 31.7 Å². The molecule has 1 rings (SSSR count). The van der Waals surface area contributed by atoms with Crippen molar-refractivity contribution in [2.24, 2.45) is 0 Å². The summed E-state index contributed by atoms with van der Waals surface area (Å²) in [5.74, 6) is -0.337. The lowest BCUT2D eigenvalue weighted by molar-refractivity contribution is -0.148. The molecule has 100 valence electrons. The van der Waals surface area contributed by atoms with Crippen molar-refractivity contribution in [3.8, 4) is 0 Å². The molecule has 1 aromatic rings. The Morgan fingerprint density at radius 1 is 1.44 bits per heavy atom. The molecular weight excluding hydrogens is 254 g/mol. The van der Waals surface area contributed by atoms with Gasteiger partial charge in [0.1, 0.15) is 6.61 Å². The number of esters is 1. The number of carbonyl (C=O) groups excluding carboxylic acids is 1. The number of hydrogen-bond donors (Lipinski definition) is 1. The number of aryl methyl sites for hydroxylation is 1. The topological polar surface area (TPSA) is 47.6 Å². The first-order valence-corrected chi connectivity index (χ1v) is 6.24.